The van der Waals surface area contributed by atoms with Gasteiger partial charge in [-0.1, -0.05) is 178 Å². The minimum Gasteiger partial charge on any atom is -0.462 e. The van der Waals surface area contributed by atoms with Gasteiger partial charge in [-0.2, -0.15) is 0 Å². The zero-order valence-corrected chi connectivity index (χ0v) is 45.1. The van der Waals surface area contributed by atoms with Crippen LogP contribution in [0.5, 0.6) is 0 Å². The fourth-order valence-electron chi connectivity index (χ4n) is 6.05. The number of quaternary nitrogens is 1. The van der Waals surface area contributed by atoms with Gasteiger partial charge in [-0.25, -0.2) is 4.57 Å². The molecule has 0 saturated heterocycles. The molecule has 0 aliphatic heterocycles. The molecular weight excluding hydrogens is 894 g/mol. The summed E-state index contributed by atoms with van der Waals surface area (Å²) in [5.41, 5.74) is 0. The summed E-state index contributed by atoms with van der Waals surface area (Å²) in [4.78, 5) is 35.5. The largest absolute Gasteiger partial charge is 0.472 e. The summed E-state index contributed by atoms with van der Waals surface area (Å²) >= 11 is 0. The van der Waals surface area contributed by atoms with E-state index in [1.54, 1.807) is 0 Å². The van der Waals surface area contributed by atoms with Gasteiger partial charge < -0.3 is 18.9 Å². The highest BCUT2D eigenvalue weighted by Crippen LogP contribution is 2.43. The molecule has 0 aliphatic rings. The molecule has 0 aromatic carbocycles. The van der Waals surface area contributed by atoms with E-state index >= 15 is 0 Å². The third kappa shape index (κ3) is 53.0. The Bertz CT molecular complexity index is 1730. The average Bonchev–Trinajstić information content (AvgIpc) is 3.32. The van der Waals surface area contributed by atoms with E-state index in [9.17, 15) is 19.0 Å². The highest BCUT2D eigenvalue weighted by atomic mass is 31.2. The molecule has 0 saturated carbocycles. The van der Waals surface area contributed by atoms with Gasteiger partial charge in [0.15, 0.2) is 6.10 Å². The first-order valence-corrected chi connectivity index (χ1v) is 27.7. The number of ether oxygens (including phenoxy) is 2. The molecule has 0 bridgehead atoms. The lowest BCUT2D eigenvalue weighted by atomic mass is 10.1. The van der Waals surface area contributed by atoms with Crippen LogP contribution in [-0.4, -0.2) is 74.9 Å². The van der Waals surface area contributed by atoms with E-state index in [4.69, 9.17) is 18.5 Å². The van der Waals surface area contributed by atoms with Crippen molar-refractivity contribution in [3.05, 3.63) is 158 Å². The number of allylic oxidation sites excluding steroid dienone is 26. The van der Waals surface area contributed by atoms with Gasteiger partial charge in [0.2, 0.25) is 0 Å². The number of unbranched alkanes of at least 4 members (excludes halogenated alkanes) is 5. The molecule has 0 heterocycles. The SMILES string of the molecule is CC/C=C\C/C=C\C/C=C\C/C=C\C/C=C\C/C=C\C/C=C\C/C=C\C/C=C\CCCCCC(=O)OC(COC(=O)CCCC/C=C\C/C=C\C/C=C\C/C=C\CC)COP(=O)(O)OCC[N+](C)(C)C. The maximum absolute atomic E-state index is 12.8. The number of phosphoric acid groups is 1. The van der Waals surface area contributed by atoms with Crippen molar-refractivity contribution in [2.75, 3.05) is 47.5 Å². The summed E-state index contributed by atoms with van der Waals surface area (Å²) in [7, 11) is 1.40. The Kier molecular flexibility index (Phi) is 46.5. The van der Waals surface area contributed by atoms with Crippen molar-refractivity contribution in [3.8, 4) is 0 Å². The number of hydrogen-bond acceptors (Lipinski definition) is 7. The molecule has 0 aromatic rings. The third-order valence-corrected chi connectivity index (χ3v) is 11.0. The van der Waals surface area contributed by atoms with Crippen LogP contribution < -0.4 is 0 Å². The topological polar surface area (TPSA) is 108 Å². The van der Waals surface area contributed by atoms with E-state index in [-0.39, 0.29) is 26.1 Å². The van der Waals surface area contributed by atoms with Crippen LogP contribution in [0, 0.1) is 0 Å². The van der Waals surface area contributed by atoms with E-state index in [2.05, 4.69) is 172 Å². The second-order valence-electron chi connectivity index (χ2n) is 17.8. The van der Waals surface area contributed by atoms with Crippen LogP contribution in [-0.2, 0) is 32.7 Å². The molecule has 0 spiro atoms. The van der Waals surface area contributed by atoms with E-state index in [1.807, 2.05) is 21.1 Å². The van der Waals surface area contributed by atoms with Gasteiger partial charge in [-0.15, -0.1) is 0 Å². The lowest BCUT2D eigenvalue weighted by Gasteiger charge is -2.24. The van der Waals surface area contributed by atoms with Gasteiger partial charge in [0.1, 0.15) is 19.8 Å². The van der Waals surface area contributed by atoms with Crippen molar-refractivity contribution < 1.29 is 42.1 Å². The lowest BCUT2D eigenvalue weighted by molar-refractivity contribution is -0.870. The summed E-state index contributed by atoms with van der Waals surface area (Å²) < 4.78 is 34.3. The van der Waals surface area contributed by atoms with Crippen LogP contribution in [0.4, 0.5) is 0 Å². The standard InChI is InChI=1S/C60H94NO8P/c1-6-8-10-12-14-16-18-20-22-23-24-25-26-27-28-29-30-31-32-33-34-35-36-37-39-41-43-45-47-49-51-53-60(63)69-58(57-68-70(64,65)67-55-54-61(3,4)5)56-66-59(62)52-50-48-46-44-42-40-38-21-19-17-15-13-11-9-7-2/h8-11,14-17,20-22,24-25,27-28,30-31,33-34,36-38,41-44,58H,6-7,12-13,18-19,23,26,29,32,35,39-40,45-57H2,1-5H3/p+1/b10-8-,11-9-,16-14-,17-15-,22-20-,25-24-,28-27-,31-30-,34-33-,37-36-,38-21-,43-41-,44-42-. The molecule has 1 N–H and O–H groups in total. The maximum Gasteiger partial charge on any atom is 0.472 e. The Morgan fingerprint density at radius 2 is 0.771 bits per heavy atom. The maximum atomic E-state index is 12.8. The van der Waals surface area contributed by atoms with Crippen molar-refractivity contribution in [1.82, 2.24) is 0 Å². The van der Waals surface area contributed by atoms with E-state index in [0.29, 0.717) is 23.9 Å². The van der Waals surface area contributed by atoms with Gasteiger partial charge in [-0.3, -0.25) is 18.6 Å². The fourth-order valence-corrected chi connectivity index (χ4v) is 6.80. The Balaban J connectivity index is 4.38. The smallest absolute Gasteiger partial charge is 0.462 e. The normalized spacial score (nSPS) is 14.7. The van der Waals surface area contributed by atoms with Crippen molar-refractivity contribution in [3.63, 3.8) is 0 Å². The van der Waals surface area contributed by atoms with Crippen LogP contribution in [0.2, 0.25) is 0 Å². The molecule has 0 radical (unpaired) electrons. The molecule has 70 heavy (non-hydrogen) atoms. The molecule has 0 fully saturated rings. The first-order valence-electron chi connectivity index (χ1n) is 26.2. The summed E-state index contributed by atoms with van der Waals surface area (Å²) in [6.45, 7) is 4.07. The number of rotatable bonds is 45. The van der Waals surface area contributed by atoms with Gasteiger partial charge in [-0.05, 0) is 122 Å². The number of carbonyl (C=O) groups excluding carboxylic acids is 2. The highest BCUT2D eigenvalue weighted by Gasteiger charge is 2.27. The quantitative estimate of drug-likeness (QED) is 0.0211. The number of likely N-dealkylation sites (N-methyl/N-ethyl adjacent to an activating group) is 1. The zero-order valence-electron chi connectivity index (χ0n) is 44.2. The predicted octanol–water partition coefficient (Wildman–Crippen LogP) is 16.1. The molecule has 10 heteroatoms. The van der Waals surface area contributed by atoms with E-state index in [1.165, 1.54) is 0 Å². The molecule has 0 aromatic heterocycles. The molecule has 0 rings (SSSR count). The van der Waals surface area contributed by atoms with Crippen LogP contribution in [0.25, 0.3) is 0 Å². The molecule has 392 valence electrons. The minimum absolute atomic E-state index is 0.00789. The second kappa shape index (κ2) is 49.6. The van der Waals surface area contributed by atoms with Crippen LogP contribution in [0.15, 0.2) is 158 Å². The highest BCUT2D eigenvalue weighted by molar-refractivity contribution is 7.47. The summed E-state index contributed by atoms with van der Waals surface area (Å²) in [5.74, 6) is -0.904. The Morgan fingerprint density at radius 3 is 1.14 bits per heavy atom. The van der Waals surface area contributed by atoms with Crippen molar-refractivity contribution in [2.45, 2.75) is 161 Å². The first-order chi connectivity index (χ1) is 34.0. The van der Waals surface area contributed by atoms with Crippen molar-refractivity contribution in [1.29, 1.82) is 0 Å². The molecule has 0 amide bonds. The Labute approximate surface area is 426 Å². The zero-order chi connectivity index (χ0) is 51.3. The van der Waals surface area contributed by atoms with Crippen molar-refractivity contribution >= 4 is 19.8 Å². The van der Waals surface area contributed by atoms with Gasteiger partial charge in [0, 0.05) is 12.8 Å². The van der Waals surface area contributed by atoms with Crippen LogP contribution >= 0.6 is 7.82 Å². The summed E-state index contributed by atoms with van der Waals surface area (Å²) in [6.07, 6.45) is 74.6. The molecule has 2 atom stereocenters. The molecule has 0 aliphatic carbocycles. The summed E-state index contributed by atoms with van der Waals surface area (Å²) in [6, 6.07) is 0. The third-order valence-electron chi connectivity index (χ3n) is 10.1. The van der Waals surface area contributed by atoms with Gasteiger partial charge >= 0.3 is 19.8 Å². The van der Waals surface area contributed by atoms with E-state index in [0.717, 1.165) is 116 Å². The predicted molar refractivity (Wildman–Crippen MR) is 297 cm³/mol. The van der Waals surface area contributed by atoms with Crippen LogP contribution in [0.3, 0.4) is 0 Å². The molecule has 2 unspecified atom stereocenters. The average molecular weight is 989 g/mol. The number of phosphoric ester groups is 1. The van der Waals surface area contributed by atoms with Crippen molar-refractivity contribution in [2.24, 2.45) is 0 Å². The number of esters is 2. The summed E-state index contributed by atoms with van der Waals surface area (Å²) in [5, 5.41) is 0. The number of hydrogen-bond donors (Lipinski definition) is 1. The fraction of sp³-hybridized carbons (Fsp3) is 0.533. The Morgan fingerprint density at radius 1 is 0.443 bits per heavy atom. The first kappa shape index (κ1) is 65.6. The van der Waals surface area contributed by atoms with E-state index < -0.39 is 32.5 Å². The lowest BCUT2D eigenvalue weighted by Crippen LogP contribution is -2.37. The minimum atomic E-state index is -4.41. The van der Waals surface area contributed by atoms with Gasteiger partial charge in [0.25, 0.3) is 0 Å². The number of carbonyl (C=O) groups is 2. The molecular formula is C60H95NO8P+. The number of nitrogens with zero attached hydrogens (tertiary/aromatic N) is 1. The van der Waals surface area contributed by atoms with Gasteiger partial charge in [0.05, 0.1) is 27.7 Å². The Hall–Kier alpha value is -4.37. The molecule has 9 nitrogen and oxygen atoms in total. The van der Waals surface area contributed by atoms with Crippen LogP contribution in [0.1, 0.15) is 155 Å². The monoisotopic (exact) mass is 989 g/mol. The second-order valence-corrected chi connectivity index (χ2v) is 19.2.